The third-order valence-electron chi connectivity index (χ3n) is 2.03. The average molecular weight is 170 g/mol. The van der Waals surface area contributed by atoms with Crippen LogP contribution in [0, 0.1) is 0 Å². The fraction of sp³-hybridized carbons (Fsp3) is 0.154. The van der Waals surface area contributed by atoms with E-state index in [4.69, 9.17) is 0 Å². The van der Waals surface area contributed by atoms with E-state index in [1.165, 1.54) is 5.56 Å². The van der Waals surface area contributed by atoms with Crippen LogP contribution in [0.4, 0.5) is 0 Å². The molecule has 1 atom stereocenters. The molecule has 1 aromatic carbocycles. The first kappa shape index (κ1) is 9.57. The Labute approximate surface area is 79.9 Å². The van der Waals surface area contributed by atoms with Gasteiger partial charge in [-0.1, -0.05) is 43.0 Å². The Morgan fingerprint density at radius 2 is 2.00 bits per heavy atom. The molecule has 13 heavy (non-hydrogen) atoms. The first-order chi connectivity index (χ1) is 6.38. The highest BCUT2D eigenvalue weighted by atomic mass is 14.1. The molecule has 1 rings (SSSR count). The Bertz CT molecular complexity index is 302. The molecule has 0 saturated heterocycles. The summed E-state index contributed by atoms with van der Waals surface area (Å²) < 4.78 is 0. The summed E-state index contributed by atoms with van der Waals surface area (Å²) in [6.45, 7) is 7.37. The van der Waals surface area contributed by atoms with Crippen LogP contribution in [-0.4, -0.2) is 0 Å². The van der Waals surface area contributed by atoms with Crippen molar-refractivity contribution >= 4 is 0 Å². The molecule has 1 unspecified atom stereocenters. The highest BCUT2D eigenvalue weighted by Crippen LogP contribution is 2.20. The van der Waals surface area contributed by atoms with Gasteiger partial charge < -0.3 is 0 Å². The van der Waals surface area contributed by atoms with Gasteiger partial charge in [-0.25, -0.2) is 0 Å². The van der Waals surface area contributed by atoms with Crippen molar-refractivity contribution in [1.29, 1.82) is 0 Å². The van der Waals surface area contributed by atoms with Crippen LogP contribution in [0.5, 0.6) is 0 Å². The van der Waals surface area contributed by atoms with E-state index in [1.54, 1.807) is 0 Å². The molecule has 0 aliphatic rings. The van der Waals surface area contributed by atoms with Crippen molar-refractivity contribution in [2.45, 2.75) is 12.3 Å². The lowest BCUT2D eigenvalue weighted by Crippen LogP contribution is -1.91. The van der Waals surface area contributed by atoms with Crippen molar-refractivity contribution in [3.8, 4) is 0 Å². The lowest BCUT2D eigenvalue weighted by atomic mass is 9.96. The highest BCUT2D eigenvalue weighted by molar-refractivity contribution is 5.23. The first-order valence-electron chi connectivity index (χ1n) is 4.40. The molecule has 66 valence electrons. The molecule has 0 amide bonds. The minimum Gasteiger partial charge on any atom is -0.133 e. The Kier molecular flexibility index (Phi) is 3.81. The Hall–Kier alpha value is -1.52. The standard InChI is InChI=1S/C13H14/c1-3-5-9-12(4-2)13-10-7-6-8-11-13/h4-8,10-12H,1-2,9H2. The molecule has 0 bridgehead atoms. The van der Waals surface area contributed by atoms with Crippen molar-refractivity contribution in [2.75, 3.05) is 0 Å². The van der Waals surface area contributed by atoms with Crippen molar-refractivity contribution in [1.82, 2.24) is 0 Å². The molecule has 0 aliphatic heterocycles. The van der Waals surface area contributed by atoms with E-state index in [9.17, 15) is 0 Å². The SMILES string of the molecule is C=C=CCC(C=C)c1ccccc1. The van der Waals surface area contributed by atoms with Crippen molar-refractivity contribution in [3.05, 3.63) is 66.9 Å². The molecule has 0 nitrogen and oxygen atoms in total. The van der Waals surface area contributed by atoms with Gasteiger partial charge in [0.15, 0.2) is 0 Å². The van der Waals surface area contributed by atoms with E-state index in [-0.39, 0.29) is 0 Å². The van der Waals surface area contributed by atoms with Crippen LogP contribution in [0.1, 0.15) is 17.9 Å². The van der Waals surface area contributed by atoms with Crippen LogP contribution in [0.15, 0.2) is 61.4 Å². The molecular weight excluding hydrogens is 156 g/mol. The smallest absolute Gasteiger partial charge is 0.00558 e. The molecule has 0 aromatic heterocycles. The van der Waals surface area contributed by atoms with Gasteiger partial charge in [0.05, 0.1) is 0 Å². The fourth-order valence-corrected chi connectivity index (χ4v) is 1.28. The summed E-state index contributed by atoms with van der Waals surface area (Å²) in [5.41, 5.74) is 4.07. The number of hydrogen-bond donors (Lipinski definition) is 0. The fourth-order valence-electron chi connectivity index (χ4n) is 1.28. The number of hydrogen-bond acceptors (Lipinski definition) is 0. The van der Waals surface area contributed by atoms with E-state index >= 15 is 0 Å². The van der Waals surface area contributed by atoms with Gasteiger partial charge in [0.2, 0.25) is 0 Å². The lowest BCUT2D eigenvalue weighted by molar-refractivity contribution is 0.867. The second kappa shape index (κ2) is 5.18. The van der Waals surface area contributed by atoms with Crippen molar-refractivity contribution in [2.24, 2.45) is 0 Å². The third kappa shape index (κ3) is 2.77. The summed E-state index contributed by atoms with van der Waals surface area (Å²) >= 11 is 0. The highest BCUT2D eigenvalue weighted by Gasteiger charge is 2.03. The molecule has 0 heteroatoms. The van der Waals surface area contributed by atoms with E-state index in [1.807, 2.05) is 30.4 Å². The molecule has 1 aromatic rings. The number of allylic oxidation sites excluding steroid dienone is 2. The molecular formula is C13H14. The van der Waals surface area contributed by atoms with Crippen LogP contribution in [0.2, 0.25) is 0 Å². The Balaban J connectivity index is 2.78. The maximum Gasteiger partial charge on any atom is 0.00558 e. The van der Waals surface area contributed by atoms with E-state index in [0.717, 1.165) is 6.42 Å². The van der Waals surface area contributed by atoms with Gasteiger partial charge in [0.25, 0.3) is 0 Å². The first-order valence-corrected chi connectivity index (χ1v) is 4.40. The molecule has 0 radical (unpaired) electrons. The Morgan fingerprint density at radius 1 is 1.31 bits per heavy atom. The van der Waals surface area contributed by atoms with Crippen LogP contribution >= 0.6 is 0 Å². The minimum absolute atomic E-state index is 0.385. The largest absolute Gasteiger partial charge is 0.133 e. The zero-order chi connectivity index (χ0) is 9.52. The molecule has 0 saturated carbocycles. The van der Waals surface area contributed by atoms with E-state index in [2.05, 4.69) is 31.0 Å². The number of rotatable bonds is 4. The van der Waals surface area contributed by atoms with Gasteiger partial charge >= 0.3 is 0 Å². The summed E-state index contributed by atoms with van der Waals surface area (Å²) in [6, 6.07) is 10.3. The third-order valence-corrected chi connectivity index (χ3v) is 2.03. The maximum absolute atomic E-state index is 3.82. The van der Waals surface area contributed by atoms with E-state index in [0.29, 0.717) is 5.92 Å². The predicted molar refractivity (Wildman–Crippen MR) is 57.7 cm³/mol. The monoisotopic (exact) mass is 170 g/mol. The van der Waals surface area contributed by atoms with E-state index < -0.39 is 0 Å². The molecule has 0 fully saturated rings. The van der Waals surface area contributed by atoms with Gasteiger partial charge in [-0.2, -0.15) is 0 Å². The topological polar surface area (TPSA) is 0 Å². The normalized spacial score (nSPS) is 11.4. The van der Waals surface area contributed by atoms with Gasteiger partial charge in [-0.05, 0) is 18.1 Å². The van der Waals surface area contributed by atoms with Gasteiger partial charge in [-0.15, -0.1) is 12.3 Å². The second-order valence-electron chi connectivity index (χ2n) is 2.90. The van der Waals surface area contributed by atoms with Crippen LogP contribution in [0.3, 0.4) is 0 Å². The zero-order valence-electron chi connectivity index (χ0n) is 7.74. The van der Waals surface area contributed by atoms with Crippen molar-refractivity contribution < 1.29 is 0 Å². The molecule has 0 spiro atoms. The lowest BCUT2D eigenvalue weighted by Gasteiger charge is -2.08. The second-order valence-corrected chi connectivity index (χ2v) is 2.90. The van der Waals surface area contributed by atoms with Crippen LogP contribution in [0.25, 0.3) is 0 Å². The minimum atomic E-state index is 0.385. The summed E-state index contributed by atoms with van der Waals surface area (Å²) in [7, 11) is 0. The molecule has 0 heterocycles. The summed E-state index contributed by atoms with van der Waals surface area (Å²) in [5.74, 6) is 0.385. The Morgan fingerprint density at radius 3 is 2.54 bits per heavy atom. The van der Waals surface area contributed by atoms with Crippen LogP contribution in [-0.2, 0) is 0 Å². The predicted octanol–water partition coefficient (Wildman–Crippen LogP) is 3.69. The van der Waals surface area contributed by atoms with Crippen LogP contribution < -0.4 is 0 Å². The van der Waals surface area contributed by atoms with Crippen molar-refractivity contribution in [3.63, 3.8) is 0 Å². The maximum atomic E-state index is 3.82. The summed E-state index contributed by atoms with van der Waals surface area (Å²) in [5, 5.41) is 0. The van der Waals surface area contributed by atoms with Gasteiger partial charge in [0, 0.05) is 5.92 Å². The molecule has 0 N–H and O–H groups in total. The summed E-state index contributed by atoms with van der Waals surface area (Å²) in [4.78, 5) is 0. The number of benzene rings is 1. The average Bonchev–Trinajstić information content (AvgIpc) is 2.21. The zero-order valence-corrected chi connectivity index (χ0v) is 7.74. The van der Waals surface area contributed by atoms with Gasteiger partial charge in [0.1, 0.15) is 0 Å². The summed E-state index contributed by atoms with van der Waals surface area (Å²) in [6.07, 6.45) is 4.83. The molecule has 0 aliphatic carbocycles. The van der Waals surface area contributed by atoms with Gasteiger partial charge in [-0.3, -0.25) is 0 Å². The quantitative estimate of drug-likeness (QED) is 0.477.